The number of carbonyl (C=O) groups is 1. The van der Waals surface area contributed by atoms with Crippen molar-refractivity contribution in [2.45, 2.75) is 38.1 Å². The molecule has 2 nitrogen and oxygen atoms in total. The Balaban J connectivity index is 2.06. The normalized spacial score (nSPS) is 36.4. The molecule has 0 spiro atoms. The van der Waals surface area contributed by atoms with E-state index in [1.54, 1.807) is 0 Å². The van der Waals surface area contributed by atoms with Crippen molar-refractivity contribution in [1.29, 1.82) is 0 Å². The molecule has 2 fully saturated rings. The molecule has 0 N–H and O–H groups in total. The molecule has 2 aliphatic heterocycles. The Hall–Kier alpha value is -0.790. The van der Waals surface area contributed by atoms with Gasteiger partial charge in [-0.1, -0.05) is 5.57 Å². The standard InChI is InChI=1S/C12H16NO/c1-8-4-2-5-9-11(8)10-6-3-7-13(10)12(9)14/h9-10H,1-7H2. The SMILES string of the molecule is [CH2]C1=C2C(CCC1)C(=O)N1CCCC21. The van der Waals surface area contributed by atoms with Gasteiger partial charge in [-0.15, -0.1) is 0 Å². The highest BCUT2D eigenvalue weighted by Gasteiger charge is 2.47. The van der Waals surface area contributed by atoms with Crippen LogP contribution in [0.3, 0.4) is 0 Å². The van der Waals surface area contributed by atoms with Gasteiger partial charge in [0.15, 0.2) is 0 Å². The van der Waals surface area contributed by atoms with Gasteiger partial charge in [0.25, 0.3) is 0 Å². The van der Waals surface area contributed by atoms with Crippen LogP contribution in [0.4, 0.5) is 0 Å². The lowest BCUT2D eigenvalue weighted by Gasteiger charge is -2.21. The number of hydrogen-bond acceptors (Lipinski definition) is 1. The first kappa shape index (κ1) is 8.51. The minimum atomic E-state index is 0.224. The summed E-state index contributed by atoms with van der Waals surface area (Å²) in [5.41, 5.74) is 2.67. The highest BCUT2D eigenvalue weighted by Crippen LogP contribution is 2.44. The quantitative estimate of drug-likeness (QED) is 0.571. The first-order chi connectivity index (χ1) is 6.79. The number of allylic oxidation sites excluding steroid dienone is 1. The molecule has 2 saturated heterocycles. The lowest BCUT2D eigenvalue weighted by molar-refractivity contribution is -0.131. The van der Waals surface area contributed by atoms with Crippen molar-refractivity contribution in [1.82, 2.24) is 4.90 Å². The van der Waals surface area contributed by atoms with Gasteiger partial charge in [0.2, 0.25) is 5.91 Å². The molecule has 3 rings (SSSR count). The zero-order valence-corrected chi connectivity index (χ0v) is 8.46. The van der Waals surface area contributed by atoms with Crippen LogP contribution in [0.25, 0.3) is 0 Å². The Kier molecular flexibility index (Phi) is 1.73. The highest BCUT2D eigenvalue weighted by molar-refractivity contribution is 5.87. The lowest BCUT2D eigenvalue weighted by Crippen LogP contribution is -2.28. The predicted octanol–water partition coefficient (Wildman–Crippen LogP) is 1.92. The molecule has 0 aromatic heterocycles. The molecule has 75 valence electrons. The van der Waals surface area contributed by atoms with Crippen LogP contribution in [0.15, 0.2) is 11.1 Å². The van der Waals surface area contributed by atoms with E-state index in [1.165, 1.54) is 24.0 Å². The number of carbonyl (C=O) groups excluding carboxylic acids is 1. The summed E-state index contributed by atoms with van der Waals surface area (Å²) < 4.78 is 0. The van der Waals surface area contributed by atoms with Gasteiger partial charge in [-0.05, 0) is 44.6 Å². The predicted molar refractivity (Wildman–Crippen MR) is 54.5 cm³/mol. The molecule has 2 atom stereocenters. The zero-order chi connectivity index (χ0) is 9.71. The van der Waals surface area contributed by atoms with Gasteiger partial charge >= 0.3 is 0 Å². The van der Waals surface area contributed by atoms with Crippen molar-refractivity contribution in [2.24, 2.45) is 5.92 Å². The number of fused-ring (bicyclic) bond motifs is 3. The molecule has 14 heavy (non-hydrogen) atoms. The van der Waals surface area contributed by atoms with E-state index in [9.17, 15) is 4.79 Å². The summed E-state index contributed by atoms with van der Waals surface area (Å²) in [5, 5.41) is 0. The van der Waals surface area contributed by atoms with E-state index in [1.807, 2.05) is 0 Å². The summed E-state index contributed by atoms with van der Waals surface area (Å²) in [6.07, 6.45) is 5.69. The van der Waals surface area contributed by atoms with E-state index in [2.05, 4.69) is 11.8 Å². The average Bonchev–Trinajstić information content (AvgIpc) is 2.72. The fourth-order valence-corrected chi connectivity index (χ4v) is 3.34. The van der Waals surface area contributed by atoms with Crippen LogP contribution in [0.5, 0.6) is 0 Å². The molecule has 2 heterocycles. The molecule has 1 amide bonds. The first-order valence-corrected chi connectivity index (χ1v) is 5.64. The topological polar surface area (TPSA) is 20.3 Å². The van der Waals surface area contributed by atoms with Crippen molar-refractivity contribution in [3.05, 3.63) is 18.1 Å². The molecule has 2 heteroatoms. The molecular formula is C12H16NO. The Morgan fingerprint density at radius 1 is 1.29 bits per heavy atom. The second-order valence-corrected chi connectivity index (χ2v) is 4.69. The van der Waals surface area contributed by atoms with Crippen LogP contribution < -0.4 is 0 Å². The Morgan fingerprint density at radius 2 is 2.14 bits per heavy atom. The number of amides is 1. The maximum Gasteiger partial charge on any atom is 0.230 e. The Morgan fingerprint density at radius 3 is 3.00 bits per heavy atom. The van der Waals surface area contributed by atoms with Gasteiger partial charge in [0, 0.05) is 6.54 Å². The lowest BCUT2D eigenvalue weighted by atomic mass is 9.82. The Labute approximate surface area is 85.0 Å². The van der Waals surface area contributed by atoms with Crippen molar-refractivity contribution >= 4 is 5.91 Å². The van der Waals surface area contributed by atoms with E-state index >= 15 is 0 Å². The minimum absolute atomic E-state index is 0.224. The molecule has 0 bridgehead atoms. The largest absolute Gasteiger partial charge is 0.335 e. The number of hydrogen-bond donors (Lipinski definition) is 0. The molecule has 2 unspecified atom stereocenters. The van der Waals surface area contributed by atoms with Crippen molar-refractivity contribution in [2.75, 3.05) is 6.54 Å². The van der Waals surface area contributed by atoms with E-state index < -0.39 is 0 Å². The summed E-state index contributed by atoms with van der Waals surface area (Å²) in [6.45, 7) is 5.12. The summed E-state index contributed by atoms with van der Waals surface area (Å²) in [7, 11) is 0. The fraction of sp³-hybridized carbons (Fsp3) is 0.667. The maximum atomic E-state index is 12.0. The van der Waals surface area contributed by atoms with Gasteiger partial charge in [-0.25, -0.2) is 0 Å². The van der Waals surface area contributed by atoms with Crippen molar-refractivity contribution in [3.63, 3.8) is 0 Å². The first-order valence-electron chi connectivity index (χ1n) is 5.64. The van der Waals surface area contributed by atoms with Gasteiger partial charge in [-0.2, -0.15) is 0 Å². The second-order valence-electron chi connectivity index (χ2n) is 4.69. The highest BCUT2D eigenvalue weighted by atomic mass is 16.2. The third kappa shape index (κ3) is 0.943. The smallest absolute Gasteiger partial charge is 0.230 e. The summed E-state index contributed by atoms with van der Waals surface area (Å²) >= 11 is 0. The fourth-order valence-electron chi connectivity index (χ4n) is 3.34. The van der Waals surface area contributed by atoms with Crippen LogP contribution >= 0.6 is 0 Å². The van der Waals surface area contributed by atoms with E-state index in [0.717, 1.165) is 25.8 Å². The molecule has 3 aliphatic rings. The Bertz CT molecular complexity index is 318. The summed E-state index contributed by atoms with van der Waals surface area (Å²) in [6, 6.07) is 0.445. The van der Waals surface area contributed by atoms with Gasteiger partial charge in [0.05, 0.1) is 12.0 Å². The third-order valence-electron chi connectivity index (χ3n) is 3.95. The summed E-state index contributed by atoms with van der Waals surface area (Å²) in [5.74, 6) is 0.616. The minimum Gasteiger partial charge on any atom is -0.335 e. The van der Waals surface area contributed by atoms with Crippen molar-refractivity contribution in [3.8, 4) is 0 Å². The second kappa shape index (κ2) is 2.85. The van der Waals surface area contributed by atoms with Crippen LogP contribution in [0.1, 0.15) is 32.1 Å². The summed E-state index contributed by atoms with van der Waals surface area (Å²) in [4.78, 5) is 14.1. The van der Waals surface area contributed by atoms with Crippen LogP contribution in [-0.2, 0) is 4.79 Å². The monoisotopic (exact) mass is 190 g/mol. The average molecular weight is 190 g/mol. The molecule has 0 saturated carbocycles. The van der Waals surface area contributed by atoms with Crippen LogP contribution in [-0.4, -0.2) is 23.4 Å². The molecular weight excluding hydrogens is 174 g/mol. The van der Waals surface area contributed by atoms with Crippen molar-refractivity contribution < 1.29 is 4.79 Å². The van der Waals surface area contributed by atoms with Gasteiger partial charge in [0.1, 0.15) is 0 Å². The van der Waals surface area contributed by atoms with E-state index in [-0.39, 0.29) is 5.92 Å². The zero-order valence-electron chi connectivity index (χ0n) is 8.46. The van der Waals surface area contributed by atoms with Crippen LogP contribution in [0.2, 0.25) is 0 Å². The number of nitrogens with zero attached hydrogens (tertiary/aromatic N) is 1. The molecule has 0 aromatic rings. The molecule has 1 aliphatic carbocycles. The van der Waals surface area contributed by atoms with E-state index in [0.29, 0.717) is 11.9 Å². The number of rotatable bonds is 0. The maximum absolute atomic E-state index is 12.0. The van der Waals surface area contributed by atoms with Gasteiger partial charge < -0.3 is 4.90 Å². The third-order valence-corrected chi connectivity index (χ3v) is 3.95. The van der Waals surface area contributed by atoms with Gasteiger partial charge in [-0.3, -0.25) is 4.79 Å². The molecule has 1 radical (unpaired) electrons. The van der Waals surface area contributed by atoms with Crippen LogP contribution in [0, 0.1) is 12.8 Å². The molecule has 0 aromatic carbocycles. The van der Waals surface area contributed by atoms with E-state index in [4.69, 9.17) is 0 Å².